The van der Waals surface area contributed by atoms with Crippen molar-refractivity contribution in [2.24, 2.45) is 0 Å². The first-order chi connectivity index (χ1) is 9.97. The summed E-state index contributed by atoms with van der Waals surface area (Å²) in [6.07, 6.45) is -0.0823. The number of benzene rings is 2. The number of carboxylic acid groups (broad SMARTS) is 1. The van der Waals surface area contributed by atoms with Gasteiger partial charge >= 0.3 is 5.97 Å². The molecular formula is C16H16N2O3. The first-order valence-electron chi connectivity index (χ1n) is 6.44. The minimum absolute atomic E-state index is 0.0823. The molecule has 2 aromatic carbocycles. The normalized spacial score (nSPS) is 10.1. The van der Waals surface area contributed by atoms with Crippen molar-refractivity contribution < 1.29 is 14.7 Å². The van der Waals surface area contributed by atoms with Gasteiger partial charge in [-0.1, -0.05) is 18.2 Å². The minimum atomic E-state index is -0.912. The van der Waals surface area contributed by atoms with Gasteiger partial charge in [-0.25, -0.2) is 0 Å². The summed E-state index contributed by atoms with van der Waals surface area (Å²) in [6.45, 7) is 1.78. The van der Waals surface area contributed by atoms with Crippen LogP contribution < -0.4 is 11.1 Å². The van der Waals surface area contributed by atoms with Crippen LogP contribution in [0.3, 0.4) is 0 Å². The van der Waals surface area contributed by atoms with Crippen molar-refractivity contribution >= 4 is 23.3 Å². The number of nitrogen functional groups attached to an aromatic ring is 1. The summed E-state index contributed by atoms with van der Waals surface area (Å²) < 4.78 is 0. The summed E-state index contributed by atoms with van der Waals surface area (Å²) in [5.74, 6) is -1.18. The number of hydrogen-bond acceptors (Lipinski definition) is 3. The van der Waals surface area contributed by atoms with E-state index in [1.165, 1.54) is 0 Å². The average Bonchev–Trinajstić information content (AvgIpc) is 2.41. The van der Waals surface area contributed by atoms with Gasteiger partial charge in [-0.3, -0.25) is 9.59 Å². The Morgan fingerprint density at radius 1 is 1.19 bits per heavy atom. The third kappa shape index (κ3) is 3.60. The largest absolute Gasteiger partial charge is 0.481 e. The zero-order valence-electron chi connectivity index (χ0n) is 11.6. The zero-order valence-corrected chi connectivity index (χ0v) is 11.6. The first-order valence-corrected chi connectivity index (χ1v) is 6.44. The Morgan fingerprint density at radius 2 is 1.90 bits per heavy atom. The lowest BCUT2D eigenvalue weighted by Gasteiger charge is -2.10. The Labute approximate surface area is 122 Å². The smallest absolute Gasteiger partial charge is 0.307 e. The molecule has 0 aliphatic rings. The molecule has 21 heavy (non-hydrogen) atoms. The molecule has 0 aliphatic carbocycles. The second kappa shape index (κ2) is 6.09. The van der Waals surface area contributed by atoms with E-state index in [0.29, 0.717) is 22.5 Å². The van der Waals surface area contributed by atoms with Crippen LogP contribution in [0.5, 0.6) is 0 Å². The van der Waals surface area contributed by atoms with Crippen LogP contribution >= 0.6 is 0 Å². The van der Waals surface area contributed by atoms with Crippen LogP contribution in [-0.2, 0) is 11.2 Å². The molecule has 0 spiro atoms. The maximum atomic E-state index is 12.2. The highest BCUT2D eigenvalue weighted by Gasteiger charge is 2.11. The van der Waals surface area contributed by atoms with Gasteiger partial charge in [0.25, 0.3) is 5.91 Å². The Bertz CT molecular complexity index is 696. The summed E-state index contributed by atoms with van der Waals surface area (Å²) in [4.78, 5) is 22.9. The van der Waals surface area contributed by atoms with Gasteiger partial charge in [0.1, 0.15) is 0 Å². The molecule has 0 saturated heterocycles. The van der Waals surface area contributed by atoms with Gasteiger partial charge in [-0.2, -0.15) is 0 Å². The molecule has 0 unspecified atom stereocenters. The number of nitrogens with one attached hydrogen (secondary N) is 1. The average molecular weight is 284 g/mol. The molecule has 0 fully saturated rings. The number of hydrogen-bond donors (Lipinski definition) is 3. The number of aliphatic carboxylic acids is 1. The molecular weight excluding hydrogens is 268 g/mol. The standard InChI is InChI=1S/C16H16N2O3/c1-10-13(6-3-7-14(10)17)16(21)18-12-5-2-4-11(8-12)9-15(19)20/h2-8H,9,17H2,1H3,(H,18,21)(H,19,20). The van der Waals surface area contributed by atoms with Crippen molar-refractivity contribution in [3.8, 4) is 0 Å². The van der Waals surface area contributed by atoms with Crippen LogP contribution in [0, 0.1) is 6.92 Å². The monoisotopic (exact) mass is 284 g/mol. The van der Waals surface area contributed by atoms with Crippen LogP contribution in [0.2, 0.25) is 0 Å². The Morgan fingerprint density at radius 3 is 2.62 bits per heavy atom. The van der Waals surface area contributed by atoms with E-state index in [1.54, 1.807) is 49.4 Å². The highest BCUT2D eigenvalue weighted by molar-refractivity contribution is 6.06. The fourth-order valence-electron chi connectivity index (χ4n) is 2.03. The van der Waals surface area contributed by atoms with E-state index in [-0.39, 0.29) is 12.3 Å². The van der Waals surface area contributed by atoms with Crippen molar-refractivity contribution in [3.63, 3.8) is 0 Å². The van der Waals surface area contributed by atoms with Crippen LogP contribution in [0.4, 0.5) is 11.4 Å². The van der Waals surface area contributed by atoms with E-state index < -0.39 is 5.97 Å². The van der Waals surface area contributed by atoms with Crippen LogP contribution in [0.1, 0.15) is 21.5 Å². The lowest BCUT2D eigenvalue weighted by molar-refractivity contribution is -0.136. The lowest BCUT2D eigenvalue weighted by atomic mass is 10.1. The van der Waals surface area contributed by atoms with E-state index in [9.17, 15) is 9.59 Å². The van der Waals surface area contributed by atoms with E-state index in [1.807, 2.05) is 0 Å². The molecule has 0 aliphatic heterocycles. The molecule has 0 radical (unpaired) electrons. The van der Waals surface area contributed by atoms with Crippen LogP contribution in [0.15, 0.2) is 42.5 Å². The molecule has 0 heterocycles. The van der Waals surface area contributed by atoms with E-state index in [4.69, 9.17) is 10.8 Å². The quantitative estimate of drug-likeness (QED) is 0.752. The van der Waals surface area contributed by atoms with Gasteiger partial charge in [-0.15, -0.1) is 0 Å². The number of amides is 1. The van der Waals surface area contributed by atoms with Crippen molar-refractivity contribution in [3.05, 3.63) is 59.2 Å². The SMILES string of the molecule is Cc1c(N)cccc1C(=O)Nc1cccc(CC(=O)O)c1. The topological polar surface area (TPSA) is 92.4 Å². The highest BCUT2D eigenvalue weighted by atomic mass is 16.4. The van der Waals surface area contributed by atoms with Gasteiger partial charge in [0.15, 0.2) is 0 Å². The van der Waals surface area contributed by atoms with Crippen molar-refractivity contribution in [1.29, 1.82) is 0 Å². The summed E-state index contributed by atoms with van der Waals surface area (Å²) in [5.41, 5.74) is 8.75. The maximum Gasteiger partial charge on any atom is 0.307 e. The maximum absolute atomic E-state index is 12.2. The number of carboxylic acids is 1. The van der Waals surface area contributed by atoms with Gasteiger partial charge in [-0.05, 0) is 42.3 Å². The molecule has 1 amide bonds. The highest BCUT2D eigenvalue weighted by Crippen LogP contribution is 2.18. The van der Waals surface area contributed by atoms with E-state index in [0.717, 1.165) is 5.56 Å². The zero-order chi connectivity index (χ0) is 15.4. The summed E-state index contributed by atoms with van der Waals surface area (Å²) in [6, 6.07) is 11.9. The van der Waals surface area contributed by atoms with Crippen molar-refractivity contribution in [2.45, 2.75) is 13.3 Å². The van der Waals surface area contributed by atoms with Crippen molar-refractivity contribution in [2.75, 3.05) is 11.1 Å². The van der Waals surface area contributed by atoms with Crippen LogP contribution in [-0.4, -0.2) is 17.0 Å². The van der Waals surface area contributed by atoms with E-state index in [2.05, 4.69) is 5.32 Å². The molecule has 5 heteroatoms. The fourth-order valence-corrected chi connectivity index (χ4v) is 2.03. The predicted octanol–water partition coefficient (Wildman–Crippen LogP) is 2.46. The number of rotatable bonds is 4. The third-order valence-corrected chi connectivity index (χ3v) is 3.16. The summed E-state index contributed by atoms with van der Waals surface area (Å²) in [5, 5.41) is 11.5. The van der Waals surface area contributed by atoms with Crippen molar-refractivity contribution in [1.82, 2.24) is 0 Å². The number of carbonyl (C=O) groups excluding carboxylic acids is 1. The first kappa shape index (κ1) is 14.6. The number of anilines is 2. The minimum Gasteiger partial charge on any atom is -0.481 e. The van der Waals surface area contributed by atoms with Gasteiger partial charge in [0, 0.05) is 16.9 Å². The predicted molar refractivity (Wildman–Crippen MR) is 81.3 cm³/mol. The van der Waals surface area contributed by atoms with Gasteiger partial charge in [0.05, 0.1) is 6.42 Å². The summed E-state index contributed by atoms with van der Waals surface area (Å²) >= 11 is 0. The third-order valence-electron chi connectivity index (χ3n) is 3.16. The lowest BCUT2D eigenvalue weighted by Crippen LogP contribution is -2.14. The molecule has 0 saturated carbocycles. The number of nitrogens with two attached hydrogens (primary N) is 1. The van der Waals surface area contributed by atoms with Gasteiger partial charge in [0.2, 0.25) is 0 Å². The van der Waals surface area contributed by atoms with Gasteiger partial charge < -0.3 is 16.2 Å². The molecule has 2 aromatic rings. The molecule has 108 valence electrons. The summed E-state index contributed by atoms with van der Waals surface area (Å²) in [7, 11) is 0. The molecule has 0 aromatic heterocycles. The molecule has 4 N–H and O–H groups in total. The number of carbonyl (C=O) groups is 2. The molecule has 0 bridgehead atoms. The second-order valence-electron chi connectivity index (χ2n) is 4.74. The Hall–Kier alpha value is -2.82. The molecule has 0 atom stereocenters. The molecule has 2 rings (SSSR count). The molecule has 5 nitrogen and oxygen atoms in total. The second-order valence-corrected chi connectivity index (χ2v) is 4.74. The fraction of sp³-hybridized carbons (Fsp3) is 0.125. The Balaban J connectivity index is 2.20. The van der Waals surface area contributed by atoms with E-state index >= 15 is 0 Å². The van der Waals surface area contributed by atoms with Crippen LogP contribution in [0.25, 0.3) is 0 Å². The Kier molecular flexibility index (Phi) is 4.23.